The summed E-state index contributed by atoms with van der Waals surface area (Å²) in [6, 6.07) is 10.7. The molecule has 0 aromatic heterocycles. The summed E-state index contributed by atoms with van der Waals surface area (Å²) < 4.78 is 1.55. The number of hydrogen-bond acceptors (Lipinski definition) is 0. The fraction of sp³-hybridized carbons (Fsp3) is 0.250. The maximum absolute atomic E-state index is 2.34. The zero-order chi connectivity index (χ0) is 6.69. The molecule has 0 N–H and O–H groups in total. The van der Waals surface area contributed by atoms with E-state index in [2.05, 4.69) is 41.9 Å². The first-order valence-corrected chi connectivity index (χ1v) is 6.24. The van der Waals surface area contributed by atoms with Crippen molar-refractivity contribution >= 4 is 31.0 Å². The van der Waals surface area contributed by atoms with Gasteiger partial charge in [0.2, 0.25) is 0 Å². The molecule has 0 saturated carbocycles. The summed E-state index contributed by atoms with van der Waals surface area (Å²) in [5, 5.41) is 0. The summed E-state index contributed by atoms with van der Waals surface area (Å²) in [4.78, 5) is 0. The van der Waals surface area contributed by atoms with Crippen LogP contribution >= 0.6 is 12.4 Å². The van der Waals surface area contributed by atoms with E-state index in [1.54, 1.807) is 4.43 Å². The molecular formula is C8H12AlCl. The van der Waals surface area contributed by atoms with Gasteiger partial charge in [0.25, 0.3) is 14.1 Å². The predicted octanol–water partition coefficient (Wildman–Crippen LogP) is 2.07. The lowest BCUT2D eigenvalue weighted by Gasteiger charge is -1.96. The van der Waals surface area contributed by atoms with Gasteiger partial charge in [0.15, 0.2) is 0 Å². The van der Waals surface area contributed by atoms with Crippen molar-refractivity contribution < 1.29 is 0 Å². The van der Waals surface area contributed by atoms with E-state index in [0.717, 1.165) is 0 Å². The molecule has 0 fully saturated rings. The van der Waals surface area contributed by atoms with Gasteiger partial charge in [-0.3, -0.25) is 0 Å². The predicted molar refractivity (Wildman–Crippen MR) is 50.8 cm³/mol. The van der Waals surface area contributed by atoms with E-state index in [0.29, 0.717) is 0 Å². The molecule has 54 valence electrons. The van der Waals surface area contributed by atoms with Crippen LogP contribution in [0.1, 0.15) is 0 Å². The van der Waals surface area contributed by atoms with Crippen molar-refractivity contribution in [2.45, 2.75) is 11.6 Å². The zero-order valence-electron chi connectivity index (χ0n) is 6.37. The van der Waals surface area contributed by atoms with Crippen LogP contribution in [0.4, 0.5) is 0 Å². The van der Waals surface area contributed by atoms with E-state index in [-0.39, 0.29) is 12.4 Å². The fourth-order valence-electron chi connectivity index (χ4n) is 0.838. The van der Waals surface area contributed by atoms with Gasteiger partial charge >= 0.3 is 0 Å². The first-order chi connectivity index (χ1) is 4.30. The van der Waals surface area contributed by atoms with Crippen molar-refractivity contribution in [1.29, 1.82) is 0 Å². The van der Waals surface area contributed by atoms with Crippen LogP contribution in [0.15, 0.2) is 30.3 Å². The third-order valence-corrected chi connectivity index (χ3v) is 3.18. The average molecular weight is 171 g/mol. The molecule has 0 aliphatic heterocycles. The van der Waals surface area contributed by atoms with Gasteiger partial charge in [-0.1, -0.05) is 30.3 Å². The molecule has 0 radical (unpaired) electrons. The molecular weight excluding hydrogens is 159 g/mol. The first kappa shape index (κ1) is 10.0. The van der Waals surface area contributed by atoms with Gasteiger partial charge in [-0.2, -0.15) is 0 Å². The minimum absolute atomic E-state index is 0. The van der Waals surface area contributed by atoms with Crippen molar-refractivity contribution in [1.82, 2.24) is 0 Å². The first-order valence-electron chi connectivity index (χ1n) is 3.35. The van der Waals surface area contributed by atoms with Crippen LogP contribution in [0.2, 0.25) is 11.6 Å². The van der Waals surface area contributed by atoms with E-state index in [9.17, 15) is 0 Å². The largest absolute Gasteiger partial charge is 0.299 e. The molecule has 0 amide bonds. The van der Waals surface area contributed by atoms with Crippen LogP contribution in [-0.4, -0.2) is 14.1 Å². The van der Waals surface area contributed by atoms with Crippen LogP contribution in [0.5, 0.6) is 0 Å². The van der Waals surface area contributed by atoms with E-state index in [1.807, 2.05) is 0 Å². The molecule has 1 aromatic rings. The van der Waals surface area contributed by atoms with E-state index < -0.39 is 14.1 Å². The summed E-state index contributed by atoms with van der Waals surface area (Å²) in [6.07, 6.45) is 0. The average Bonchev–Trinajstić information content (AvgIpc) is 1.90. The topological polar surface area (TPSA) is 0 Å². The number of benzene rings is 1. The van der Waals surface area contributed by atoms with Crippen LogP contribution in [0, 0.1) is 0 Å². The van der Waals surface area contributed by atoms with Crippen LogP contribution in [0.25, 0.3) is 0 Å². The molecule has 0 bridgehead atoms. The molecule has 0 heterocycles. The molecule has 10 heavy (non-hydrogen) atoms. The Labute approximate surface area is 73.1 Å². The normalized spacial score (nSPS) is 8.20. The number of rotatable bonds is 1. The summed E-state index contributed by atoms with van der Waals surface area (Å²) >= 11 is -0.529. The summed E-state index contributed by atoms with van der Waals surface area (Å²) in [5.41, 5.74) is 0. The highest BCUT2D eigenvalue weighted by atomic mass is 35.5. The van der Waals surface area contributed by atoms with Gasteiger partial charge in [0.05, 0.1) is 0 Å². The third kappa shape index (κ3) is 2.75. The van der Waals surface area contributed by atoms with E-state index in [1.165, 1.54) is 0 Å². The molecule has 2 heteroatoms. The molecule has 0 nitrogen and oxygen atoms in total. The molecule has 0 saturated heterocycles. The minimum Gasteiger partial charge on any atom is -0.147 e. The Morgan fingerprint density at radius 1 is 1.00 bits per heavy atom. The van der Waals surface area contributed by atoms with Crippen molar-refractivity contribution in [2.75, 3.05) is 0 Å². The van der Waals surface area contributed by atoms with Gasteiger partial charge in [0, 0.05) is 0 Å². The Hall–Kier alpha value is 0.0425. The fourth-order valence-corrected chi connectivity index (χ4v) is 1.83. The van der Waals surface area contributed by atoms with Crippen LogP contribution < -0.4 is 4.43 Å². The van der Waals surface area contributed by atoms with E-state index in [4.69, 9.17) is 0 Å². The monoisotopic (exact) mass is 170 g/mol. The second-order valence-corrected chi connectivity index (χ2v) is 5.54. The highest BCUT2D eigenvalue weighted by Crippen LogP contribution is 1.85. The second kappa shape index (κ2) is 4.80. The molecule has 0 unspecified atom stereocenters. The molecule has 0 aliphatic carbocycles. The van der Waals surface area contributed by atoms with Crippen molar-refractivity contribution in [3.63, 3.8) is 0 Å². The lowest BCUT2D eigenvalue weighted by molar-refractivity contribution is 1.74. The van der Waals surface area contributed by atoms with Gasteiger partial charge < -0.3 is 0 Å². The standard InChI is InChI=1S/C6H5.2CH3.Al.ClH/c1-2-4-6-5-3-1;;;;/h1-5H;2*1H3;;1H. The maximum Gasteiger partial charge on any atom is 0.299 e. The van der Waals surface area contributed by atoms with Crippen molar-refractivity contribution in [3.8, 4) is 0 Å². The van der Waals surface area contributed by atoms with Crippen molar-refractivity contribution in [2.24, 2.45) is 0 Å². The Morgan fingerprint density at radius 3 is 1.80 bits per heavy atom. The molecule has 0 aliphatic rings. The van der Waals surface area contributed by atoms with E-state index >= 15 is 0 Å². The Bertz CT molecular complexity index is 172. The third-order valence-electron chi connectivity index (χ3n) is 1.47. The maximum atomic E-state index is 2.34. The smallest absolute Gasteiger partial charge is 0.147 e. The molecule has 0 spiro atoms. The van der Waals surface area contributed by atoms with Gasteiger partial charge in [0.1, 0.15) is 0 Å². The zero-order valence-corrected chi connectivity index (χ0v) is 8.34. The van der Waals surface area contributed by atoms with Crippen molar-refractivity contribution in [3.05, 3.63) is 30.3 Å². The van der Waals surface area contributed by atoms with Crippen LogP contribution in [-0.2, 0) is 0 Å². The Kier molecular flexibility index (Phi) is 4.82. The summed E-state index contributed by atoms with van der Waals surface area (Å²) in [5.74, 6) is 4.69. The van der Waals surface area contributed by atoms with Gasteiger partial charge in [-0.15, -0.1) is 28.4 Å². The number of hydrogen-bond donors (Lipinski definition) is 0. The Balaban J connectivity index is 0.000000810. The molecule has 1 rings (SSSR count). The summed E-state index contributed by atoms with van der Waals surface area (Å²) in [7, 11) is 0. The second-order valence-electron chi connectivity index (χ2n) is 2.57. The highest BCUT2D eigenvalue weighted by Gasteiger charge is 2.02. The molecule has 0 atom stereocenters. The van der Waals surface area contributed by atoms with Gasteiger partial charge in [-0.25, -0.2) is 0 Å². The number of halogens is 1. The lowest BCUT2D eigenvalue weighted by Crippen LogP contribution is -2.21. The summed E-state index contributed by atoms with van der Waals surface area (Å²) in [6.45, 7) is 0. The SMILES string of the molecule is Cl.[CH3][Al]([CH3])[c]1ccccc1. The lowest BCUT2D eigenvalue weighted by atomic mass is 10.4. The molecule has 1 aromatic carbocycles. The quantitative estimate of drug-likeness (QED) is 0.566. The Morgan fingerprint density at radius 2 is 1.50 bits per heavy atom. The van der Waals surface area contributed by atoms with Gasteiger partial charge in [-0.05, 0) is 0 Å². The van der Waals surface area contributed by atoms with Crippen LogP contribution in [0.3, 0.4) is 0 Å². The minimum atomic E-state index is -0.529. The highest BCUT2D eigenvalue weighted by molar-refractivity contribution is 6.70.